The monoisotopic (exact) mass is 599 g/mol. The molecule has 0 radical (unpaired) electrons. The maximum atomic E-state index is 5.09. The second-order valence-electron chi connectivity index (χ2n) is 11.8. The molecule has 3 heteroatoms. The van der Waals surface area contributed by atoms with Crippen LogP contribution < -0.4 is 0 Å². The standard InChI is InChI=1S/C44H29N3/c1-3-13-31(14-4-1)41-35-17-7-8-18-36(35)42(32-15-5-2-6-16-32)38-29-34(25-26-37(38)41)30-21-23-33(24-22-30)44-46-43(39-19-9-11-27-45-39)40-20-10-12-28-47(40)44/h1-29H. The van der Waals surface area contributed by atoms with Gasteiger partial charge in [0.15, 0.2) is 0 Å². The van der Waals surface area contributed by atoms with Gasteiger partial charge in [-0.05, 0) is 85.3 Å². The maximum Gasteiger partial charge on any atom is 0.145 e. The number of hydrogen-bond donors (Lipinski definition) is 0. The van der Waals surface area contributed by atoms with Crippen molar-refractivity contribution in [1.82, 2.24) is 14.4 Å². The third-order valence-electron chi connectivity index (χ3n) is 9.08. The fraction of sp³-hybridized carbons (Fsp3) is 0. The summed E-state index contributed by atoms with van der Waals surface area (Å²) in [5.41, 5.74) is 11.2. The van der Waals surface area contributed by atoms with Crippen LogP contribution in [0.5, 0.6) is 0 Å². The quantitative estimate of drug-likeness (QED) is 0.184. The van der Waals surface area contributed by atoms with Crippen molar-refractivity contribution in [2.75, 3.05) is 0 Å². The average molecular weight is 600 g/mol. The summed E-state index contributed by atoms with van der Waals surface area (Å²) in [7, 11) is 0. The van der Waals surface area contributed by atoms with Gasteiger partial charge in [0.25, 0.3) is 0 Å². The van der Waals surface area contributed by atoms with Gasteiger partial charge in [-0.3, -0.25) is 9.38 Å². The summed E-state index contributed by atoms with van der Waals surface area (Å²) in [6, 6.07) is 58.2. The number of rotatable bonds is 5. The molecule has 0 amide bonds. The highest BCUT2D eigenvalue weighted by Gasteiger charge is 2.18. The van der Waals surface area contributed by atoms with Gasteiger partial charge >= 0.3 is 0 Å². The van der Waals surface area contributed by atoms with E-state index in [9.17, 15) is 0 Å². The van der Waals surface area contributed by atoms with Crippen LogP contribution in [0.25, 0.3) is 83.2 Å². The molecule has 0 saturated carbocycles. The Morgan fingerprint density at radius 1 is 0.404 bits per heavy atom. The van der Waals surface area contributed by atoms with Crippen LogP contribution in [-0.4, -0.2) is 14.4 Å². The number of fused-ring (bicyclic) bond motifs is 3. The summed E-state index contributed by atoms with van der Waals surface area (Å²) in [6.07, 6.45) is 3.89. The molecule has 3 nitrogen and oxygen atoms in total. The zero-order valence-corrected chi connectivity index (χ0v) is 25.6. The molecule has 3 heterocycles. The van der Waals surface area contributed by atoms with Crippen LogP contribution in [0.4, 0.5) is 0 Å². The first-order valence-corrected chi connectivity index (χ1v) is 15.9. The molecule has 0 spiro atoms. The lowest BCUT2D eigenvalue weighted by Gasteiger charge is -2.18. The highest BCUT2D eigenvalue weighted by Crippen LogP contribution is 2.44. The lowest BCUT2D eigenvalue weighted by Crippen LogP contribution is -1.92. The largest absolute Gasteiger partial charge is 0.299 e. The predicted octanol–water partition coefficient (Wildman–Crippen LogP) is 11.4. The molecule has 0 fully saturated rings. The Hall–Kier alpha value is -6.32. The second kappa shape index (κ2) is 11.2. The van der Waals surface area contributed by atoms with E-state index in [1.54, 1.807) is 0 Å². The van der Waals surface area contributed by atoms with E-state index in [0.717, 1.165) is 33.9 Å². The lowest BCUT2D eigenvalue weighted by molar-refractivity contribution is 1.16. The zero-order chi connectivity index (χ0) is 31.2. The summed E-state index contributed by atoms with van der Waals surface area (Å²) in [5.74, 6) is 0.900. The number of benzene rings is 6. The number of aromatic nitrogens is 3. The van der Waals surface area contributed by atoms with Crippen LogP contribution in [0.15, 0.2) is 176 Å². The molecule has 0 aliphatic heterocycles. The first kappa shape index (κ1) is 27.0. The van der Waals surface area contributed by atoms with Gasteiger partial charge < -0.3 is 0 Å². The number of hydrogen-bond acceptors (Lipinski definition) is 2. The van der Waals surface area contributed by atoms with Crippen LogP contribution in [0.2, 0.25) is 0 Å². The van der Waals surface area contributed by atoms with Crippen molar-refractivity contribution < 1.29 is 0 Å². The van der Waals surface area contributed by atoms with Gasteiger partial charge in [-0.1, -0.05) is 133 Å². The van der Waals surface area contributed by atoms with E-state index >= 15 is 0 Å². The highest BCUT2D eigenvalue weighted by molar-refractivity contribution is 6.21. The minimum absolute atomic E-state index is 0.867. The molecule has 0 unspecified atom stereocenters. The molecule has 6 aromatic carbocycles. The molecule has 9 aromatic rings. The molecule has 47 heavy (non-hydrogen) atoms. The summed E-state index contributed by atoms with van der Waals surface area (Å²) in [4.78, 5) is 9.67. The van der Waals surface area contributed by atoms with Crippen molar-refractivity contribution >= 4 is 27.1 Å². The van der Waals surface area contributed by atoms with Gasteiger partial charge in [0.2, 0.25) is 0 Å². The van der Waals surface area contributed by atoms with Crippen LogP contribution in [0.3, 0.4) is 0 Å². The topological polar surface area (TPSA) is 30.2 Å². The Bertz CT molecular complexity index is 2530. The van der Waals surface area contributed by atoms with Crippen LogP contribution >= 0.6 is 0 Å². The molecule has 0 N–H and O–H groups in total. The van der Waals surface area contributed by atoms with Crippen molar-refractivity contribution in [1.29, 1.82) is 0 Å². The third-order valence-corrected chi connectivity index (χ3v) is 9.08. The minimum atomic E-state index is 0.867. The van der Waals surface area contributed by atoms with Crippen molar-refractivity contribution in [3.63, 3.8) is 0 Å². The minimum Gasteiger partial charge on any atom is -0.299 e. The normalized spacial score (nSPS) is 11.4. The fourth-order valence-electron chi connectivity index (χ4n) is 6.93. The van der Waals surface area contributed by atoms with E-state index in [4.69, 9.17) is 4.98 Å². The van der Waals surface area contributed by atoms with E-state index < -0.39 is 0 Å². The summed E-state index contributed by atoms with van der Waals surface area (Å²) >= 11 is 0. The van der Waals surface area contributed by atoms with Gasteiger partial charge in [-0.25, -0.2) is 4.98 Å². The summed E-state index contributed by atoms with van der Waals surface area (Å²) in [6.45, 7) is 0. The smallest absolute Gasteiger partial charge is 0.145 e. The Labute approximate surface area is 273 Å². The van der Waals surface area contributed by atoms with Crippen molar-refractivity contribution in [2.24, 2.45) is 0 Å². The molecule has 3 aromatic heterocycles. The average Bonchev–Trinajstić information content (AvgIpc) is 3.54. The van der Waals surface area contributed by atoms with Crippen LogP contribution in [-0.2, 0) is 0 Å². The van der Waals surface area contributed by atoms with Gasteiger partial charge in [0, 0.05) is 18.0 Å². The lowest BCUT2D eigenvalue weighted by atomic mass is 9.85. The van der Waals surface area contributed by atoms with Gasteiger partial charge in [0.05, 0.1) is 11.2 Å². The van der Waals surface area contributed by atoms with E-state index in [2.05, 4.69) is 149 Å². The molecule has 0 bridgehead atoms. The molecule has 0 aliphatic rings. The SMILES string of the molecule is c1ccc(-c2c3ccccc3c(-c3ccccc3)c3cc(-c4ccc(-c5nc(-c6ccccn6)c6ccccn56)cc4)ccc23)cc1. The second-order valence-corrected chi connectivity index (χ2v) is 11.8. The van der Waals surface area contributed by atoms with Gasteiger partial charge in [-0.2, -0.15) is 0 Å². The third kappa shape index (κ3) is 4.60. The van der Waals surface area contributed by atoms with Gasteiger partial charge in [0.1, 0.15) is 11.5 Å². The highest BCUT2D eigenvalue weighted by atomic mass is 15.0. The number of nitrogens with zero attached hydrogens (tertiary/aromatic N) is 3. The Balaban J connectivity index is 1.22. The van der Waals surface area contributed by atoms with E-state index in [0.29, 0.717) is 0 Å². The number of pyridine rings is 2. The van der Waals surface area contributed by atoms with E-state index in [-0.39, 0.29) is 0 Å². The van der Waals surface area contributed by atoms with E-state index in [1.165, 1.54) is 49.4 Å². The Morgan fingerprint density at radius 3 is 1.66 bits per heavy atom. The molecule has 0 atom stereocenters. The molecule has 0 saturated heterocycles. The molecule has 9 rings (SSSR count). The van der Waals surface area contributed by atoms with Crippen LogP contribution in [0, 0.1) is 0 Å². The summed E-state index contributed by atoms with van der Waals surface area (Å²) < 4.78 is 2.15. The van der Waals surface area contributed by atoms with Crippen molar-refractivity contribution in [3.05, 3.63) is 176 Å². The Morgan fingerprint density at radius 2 is 0.979 bits per heavy atom. The maximum absolute atomic E-state index is 5.09. The first-order valence-electron chi connectivity index (χ1n) is 15.9. The zero-order valence-electron chi connectivity index (χ0n) is 25.6. The van der Waals surface area contributed by atoms with Crippen molar-refractivity contribution in [3.8, 4) is 56.2 Å². The predicted molar refractivity (Wildman–Crippen MR) is 195 cm³/mol. The number of imidazole rings is 1. The molecular weight excluding hydrogens is 571 g/mol. The first-order chi connectivity index (χ1) is 23.3. The molecular formula is C44H29N3. The van der Waals surface area contributed by atoms with Crippen LogP contribution in [0.1, 0.15) is 0 Å². The Kier molecular flexibility index (Phi) is 6.46. The molecule has 220 valence electrons. The molecule has 0 aliphatic carbocycles. The van der Waals surface area contributed by atoms with Gasteiger partial charge in [-0.15, -0.1) is 0 Å². The summed E-state index contributed by atoms with van der Waals surface area (Å²) in [5, 5.41) is 5.02. The fourth-order valence-corrected chi connectivity index (χ4v) is 6.93. The van der Waals surface area contributed by atoms with E-state index in [1.807, 2.05) is 36.5 Å². The van der Waals surface area contributed by atoms with Crippen molar-refractivity contribution in [2.45, 2.75) is 0 Å².